The molecule has 0 radical (unpaired) electrons. The molecule has 2 aromatic heterocycles. The highest BCUT2D eigenvalue weighted by atomic mass is 32.2. The van der Waals surface area contributed by atoms with Crippen molar-refractivity contribution in [1.82, 2.24) is 9.55 Å². The number of anilines is 2. The number of hydrogen-bond donors (Lipinski definition) is 2. The third kappa shape index (κ3) is 5.67. The van der Waals surface area contributed by atoms with Crippen LogP contribution < -0.4 is 20.2 Å². The summed E-state index contributed by atoms with van der Waals surface area (Å²) >= 11 is 1.70. The molecule has 4 heterocycles. The van der Waals surface area contributed by atoms with Crippen LogP contribution in [-0.2, 0) is 37.1 Å². The smallest absolute Gasteiger partial charge is 0.325 e. The van der Waals surface area contributed by atoms with Crippen LogP contribution >= 0.6 is 23.1 Å². The monoisotopic (exact) mass is 675 g/mol. The van der Waals surface area contributed by atoms with E-state index in [1.165, 1.54) is 47.3 Å². The molecule has 1 fully saturated rings. The Balaban J connectivity index is 1.36. The molecule has 2 aliphatic heterocycles. The molecule has 11 nitrogen and oxygen atoms in total. The van der Waals surface area contributed by atoms with Gasteiger partial charge in [-0.25, -0.2) is 18.5 Å². The van der Waals surface area contributed by atoms with Gasteiger partial charge in [0.05, 0.1) is 27.1 Å². The summed E-state index contributed by atoms with van der Waals surface area (Å²) in [5.41, 5.74) is -0.508. The van der Waals surface area contributed by atoms with E-state index in [1.807, 2.05) is 0 Å². The number of imide groups is 1. The van der Waals surface area contributed by atoms with Gasteiger partial charge in [0.15, 0.2) is 0 Å². The summed E-state index contributed by atoms with van der Waals surface area (Å²) < 4.78 is 64.6. The second kappa shape index (κ2) is 11.2. The van der Waals surface area contributed by atoms with Crippen LogP contribution in [0.15, 0.2) is 87.8 Å². The highest BCUT2D eigenvalue weighted by molar-refractivity contribution is 8.00. The lowest BCUT2D eigenvalue weighted by Crippen LogP contribution is -2.33. The van der Waals surface area contributed by atoms with Gasteiger partial charge in [0.25, 0.3) is 0 Å². The minimum atomic E-state index is -4.70. The van der Waals surface area contributed by atoms with Crippen LogP contribution in [0.2, 0.25) is 0 Å². The predicted octanol–water partition coefficient (Wildman–Crippen LogP) is 3.41. The van der Waals surface area contributed by atoms with Gasteiger partial charge in [0, 0.05) is 28.9 Å². The molecular weight excluding hydrogens is 656 g/mol. The number of pyridine rings is 1. The van der Waals surface area contributed by atoms with Gasteiger partial charge in [-0.1, -0.05) is 35.2 Å². The predicted molar refractivity (Wildman–Crippen MR) is 158 cm³/mol. The van der Waals surface area contributed by atoms with Gasteiger partial charge in [-0.05, 0) is 54.1 Å². The molecule has 3 atom stereocenters. The first kappa shape index (κ1) is 30.7. The molecule has 17 heteroatoms. The molecule has 3 N–H and O–H groups in total. The number of fused-ring (bicyclic) bond motifs is 2. The van der Waals surface area contributed by atoms with Gasteiger partial charge in [0.1, 0.15) is 11.8 Å². The number of nitrogens with zero attached hydrogens (tertiary/aromatic N) is 3. The fourth-order valence-electron chi connectivity index (χ4n) is 5.32. The minimum Gasteiger partial charge on any atom is -0.325 e. The van der Waals surface area contributed by atoms with Crippen molar-refractivity contribution >= 4 is 62.2 Å². The second-order valence-corrected chi connectivity index (χ2v) is 13.8. The first-order valence-electron chi connectivity index (χ1n) is 13.0. The fourth-order valence-corrected chi connectivity index (χ4v) is 8.61. The summed E-state index contributed by atoms with van der Waals surface area (Å²) in [5, 5.41) is 6.83. The number of carbonyl (C=O) groups excluding carboxylic acids is 3. The molecular formula is C28H20F3N5O6S3. The number of thioether (sulfide) groups is 1. The number of aromatic nitrogens is 2. The molecule has 3 amide bonds. The largest absolute Gasteiger partial charge is 0.416 e. The van der Waals surface area contributed by atoms with Crippen LogP contribution in [-0.4, -0.2) is 40.9 Å². The van der Waals surface area contributed by atoms with Crippen molar-refractivity contribution < 1.29 is 36.0 Å². The minimum absolute atomic E-state index is 0.161. The Morgan fingerprint density at radius 3 is 2.40 bits per heavy atom. The number of nitrogens with two attached hydrogens (primary N) is 1. The molecule has 2 aliphatic rings. The molecule has 232 valence electrons. The first-order valence-corrected chi connectivity index (χ1v) is 16.3. The molecule has 6 rings (SSSR count). The Bertz CT molecular complexity index is 2010. The van der Waals surface area contributed by atoms with Crippen LogP contribution in [0, 0.1) is 5.92 Å². The normalized spacial score (nSPS) is 19.7. The number of rotatable bonds is 6. The molecule has 0 aliphatic carbocycles. The van der Waals surface area contributed by atoms with Gasteiger partial charge >= 0.3 is 11.0 Å². The summed E-state index contributed by atoms with van der Waals surface area (Å²) in [7, 11) is -3.95. The van der Waals surface area contributed by atoms with Gasteiger partial charge in [-0.3, -0.25) is 28.7 Å². The highest BCUT2D eigenvalue weighted by Crippen LogP contribution is 2.54. The Labute approximate surface area is 260 Å². The molecule has 0 saturated carbocycles. The number of primary sulfonamides is 1. The van der Waals surface area contributed by atoms with Crippen molar-refractivity contribution in [2.45, 2.75) is 33.8 Å². The van der Waals surface area contributed by atoms with Gasteiger partial charge in [-0.15, -0.1) is 0 Å². The third-order valence-electron chi connectivity index (χ3n) is 7.29. The van der Waals surface area contributed by atoms with Gasteiger partial charge in [0.2, 0.25) is 27.7 Å². The van der Waals surface area contributed by atoms with E-state index in [0.717, 1.165) is 46.2 Å². The number of benzene rings is 2. The Kier molecular flexibility index (Phi) is 7.67. The number of halogens is 3. The quantitative estimate of drug-likeness (QED) is 0.294. The van der Waals surface area contributed by atoms with E-state index in [1.54, 1.807) is 12.1 Å². The van der Waals surface area contributed by atoms with Crippen LogP contribution in [0.25, 0.3) is 0 Å². The fraction of sp³-hybridized carbons (Fsp3) is 0.179. The third-order valence-corrected chi connectivity index (χ3v) is 10.8. The molecule has 0 bridgehead atoms. The average molecular weight is 676 g/mol. The number of thiazole rings is 1. The zero-order chi connectivity index (χ0) is 32.3. The Morgan fingerprint density at radius 1 is 1.02 bits per heavy atom. The van der Waals surface area contributed by atoms with E-state index < -0.39 is 68.0 Å². The Hall–Kier alpha value is -4.32. The van der Waals surface area contributed by atoms with Crippen LogP contribution in [0.1, 0.15) is 21.9 Å². The standard InChI is InChI=1S/C28H20F3N5O6S3/c29-28(30,31)15-4-1-5-17(11-15)36-24(38)21-20(14-3-2-10-33-12-14)23-26(43-22(21)25(36)39)35(27(40)44-23)13-19(37)34-16-6-8-18(9-7-16)45(32,41)42/h1-12,20-22H,13H2,(H,34,37)(H2,32,41,42)/t20-,21-,22+/m0/s1. The molecule has 4 aromatic rings. The molecule has 45 heavy (non-hydrogen) atoms. The summed E-state index contributed by atoms with van der Waals surface area (Å²) in [6, 6.07) is 12.3. The number of carbonyl (C=O) groups is 3. The van der Waals surface area contributed by atoms with E-state index in [9.17, 15) is 40.8 Å². The van der Waals surface area contributed by atoms with Crippen LogP contribution in [0.4, 0.5) is 24.5 Å². The van der Waals surface area contributed by atoms with Crippen molar-refractivity contribution in [3.8, 4) is 0 Å². The van der Waals surface area contributed by atoms with E-state index in [4.69, 9.17) is 5.14 Å². The lowest BCUT2D eigenvalue weighted by Gasteiger charge is -2.30. The number of alkyl halides is 3. The summed E-state index contributed by atoms with van der Waals surface area (Å²) in [4.78, 5) is 58.4. The number of amides is 3. The zero-order valence-electron chi connectivity index (χ0n) is 22.6. The molecule has 0 unspecified atom stereocenters. The lowest BCUT2D eigenvalue weighted by molar-refractivity contribution is -0.137. The average Bonchev–Trinajstić information content (AvgIpc) is 3.43. The maximum atomic E-state index is 13.9. The number of nitrogens with one attached hydrogen (secondary N) is 1. The van der Waals surface area contributed by atoms with Crippen LogP contribution in [0.5, 0.6) is 0 Å². The molecule has 1 saturated heterocycles. The number of hydrogen-bond acceptors (Lipinski definition) is 9. The summed E-state index contributed by atoms with van der Waals surface area (Å²) in [6.07, 6.45) is -1.71. The molecule has 2 aromatic carbocycles. The number of sulfonamides is 1. The van der Waals surface area contributed by atoms with Gasteiger partial charge < -0.3 is 5.32 Å². The zero-order valence-corrected chi connectivity index (χ0v) is 25.0. The van der Waals surface area contributed by atoms with E-state index in [-0.39, 0.29) is 21.3 Å². The van der Waals surface area contributed by atoms with Crippen LogP contribution in [0.3, 0.4) is 0 Å². The molecule has 0 spiro atoms. The van der Waals surface area contributed by atoms with Gasteiger partial charge in [-0.2, -0.15) is 13.2 Å². The van der Waals surface area contributed by atoms with Crippen molar-refractivity contribution in [3.63, 3.8) is 0 Å². The maximum Gasteiger partial charge on any atom is 0.416 e. The summed E-state index contributed by atoms with van der Waals surface area (Å²) in [5.74, 6) is -4.02. The van der Waals surface area contributed by atoms with E-state index in [2.05, 4.69) is 10.3 Å². The highest BCUT2D eigenvalue weighted by Gasteiger charge is 2.57. The Morgan fingerprint density at radius 2 is 1.76 bits per heavy atom. The van der Waals surface area contributed by atoms with E-state index >= 15 is 0 Å². The van der Waals surface area contributed by atoms with Crippen molar-refractivity contribution in [3.05, 3.63) is 98.7 Å². The van der Waals surface area contributed by atoms with Crippen molar-refractivity contribution in [2.24, 2.45) is 11.1 Å². The SMILES string of the molecule is NS(=O)(=O)c1ccc(NC(=O)Cn2c3c(sc2=O)[C@@H](c2cccnc2)[C@@H]2C(=O)N(c4cccc(C(F)(F)F)c4)C(=O)[C@@H]2S3)cc1. The first-order chi connectivity index (χ1) is 21.2. The van der Waals surface area contributed by atoms with Crippen molar-refractivity contribution in [2.75, 3.05) is 10.2 Å². The summed E-state index contributed by atoms with van der Waals surface area (Å²) in [6.45, 7) is -0.481. The second-order valence-electron chi connectivity index (χ2n) is 10.1. The maximum absolute atomic E-state index is 13.9. The lowest BCUT2D eigenvalue weighted by atomic mass is 9.84. The topological polar surface area (TPSA) is 162 Å². The van der Waals surface area contributed by atoms with Crippen molar-refractivity contribution in [1.29, 1.82) is 0 Å². The van der Waals surface area contributed by atoms with E-state index in [0.29, 0.717) is 10.4 Å².